The highest BCUT2D eigenvalue weighted by Crippen LogP contribution is 2.15. The van der Waals surface area contributed by atoms with Gasteiger partial charge in [0.15, 0.2) is 13.1 Å². The lowest BCUT2D eigenvalue weighted by molar-refractivity contribution is -0.882. The number of carbonyl (C=O) groups excluding carboxylic acids is 2. The molecule has 2 N–H and O–H groups in total. The third-order valence-electron chi connectivity index (χ3n) is 4.88. The van der Waals surface area contributed by atoms with Gasteiger partial charge in [0.05, 0.1) is 25.9 Å². The van der Waals surface area contributed by atoms with Crippen LogP contribution >= 0.6 is 0 Å². The molecular formula is C22H27N4O3+. The van der Waals surface area contributed by atoms with Crippen molar-refractivity contribution in [3.05, 3.63) is 60.2 Å². The van der Waals surface area contributed by atoms with Gasteiger partial charge in [-0.3, -0.25) is 9.59 Å². The molecule has 0 saturated heterocycles. The average Bonchev–Trinajstić information content (AvgIpc) is 3.25. The zero-order valence-corrected chi connectivity index (χ0v) is 16.9. The number of rotatable bonds is 8. The van der Waals surface area contributed by atoms with Gasteiger partial charge in [0.1, 0.15) is 5.75 Å². The third kappa shape index (κ3) is 5.65. The molecule has 1 atom stereocenters. The molecule has 3 rings (SSSR count). The molecule has 2 amide bonds. The van der Waals surface area contributed by atoms with Crippen molar-refractivity contribution in [2.24, 2.45) is 5.10 Å². The predicted octanol–water partition coefficient (Wildman–Crippen LogP) is 1.18. The zero-order valence-electron chi connectivity index (χ0n) is 16.9. The van der Waals surface area contributed by atoms with Gasteiger partial charge < -0.3 is 15.0 Å². The monoisotopic (exact) mass is 395 g/mol. The minimum atomic E-state index is -0.130. The molecule has 0 radical (unpaired) electrons. The van der Waals surface area contributed by atoms with Crippen molar-refractivity contribution in [1.29, 1.82) is 0 Å². The maximum atomic E-state index is 12.7. The second kappa shape index (κ2) is 9.84. The molecule has 2 aromatic rings. The minimum Gasteiger partial charge on any atom is -0.497 e. The maximum absolute atomic E-state index is 12.7. The van der Waals surface area contributed by atoms with Gasteiger partial charge in [-0.05, 0) is 36.8 Å². The van der Waals surface area contributed by atoms with Gasteiger partial charge in [-0.1, -0.05) is 30.3 Å². The van der Waals surface area contributed by atoms with E-state index in [2.05, 4.69) is 10.4 Å². The summed E-state index contributed by atoms with van der Waals surface area (Å²) in [6.07, 6.45) is 0.745. The highest BCUT2D eigenvalue weighted by atomic mass is 16.5. The van der Waals surface area contributed by atoms with Gasteiger partial charge in [0, 0.05) is 12.1 Å². The Bertz CT molecular complexity index is 865. The number of ether oxygens (including phenoxy) is 1. The standard InChI is InChI=1S/C22H26N4O3/c1-3-25(15-21(27)23-18-9-11-19(29-2)12-10-18)16-22(28)26-14-13-20(24-26)17-7-5-4-6-8-17/h4-12H,3,13-16H2,1-2H3,(H,23,27)/p+1. The molecule has 152 valence electrons. The van der Waals surface area contributed by atoms with Crippen molar-refractivity contribution in [3.8, 4) is 5.75 Å². The normalized spacial score (nSPS) is 14.3. The number of anilines is 1. The minimum absolute atomic E-state index is 0.0648. The summed E-state index contributed by atoms with van der Waals surface area (Å²) in [6.45, 7) is 3.67. The quantitative estimate of drug-likeness (QED) is 0.705. The Balaban J connectivity index is 1.53. The fraction of sp³-hybridized carbons (Fsp3) is 0.318. The van der Waals surface area contributed by atoms with Crippen molar-refractivity contribution in [3.63, 3.8) is 0 Å². The number of likely N-dealkylation sites (N-methyl/N-ethyl adjacent to an activating group) is 1. The van der Waals surface area contributed by atoms with Crippen LogP contribution in [0.25, 0.3) is 0 Å². The van der Waals surface area contributed by atoms with E-state index in [1.54, 1.807) is 31.4 Å². The SMILES string of the molecule is CC[NH+](CC(=O)Nc1ccc(OC)cc1)CC(=O)N1CCC(c2ccccc2)=N1. The number of methoxy groups -OCH3 is 1. The topological polar surface area (TPSA) is 75.4 Å². The van der Waals surface area contributed by atoms with Crippen LogP contribution in [0.1, 0.15) is 18.9 Å². The van der Waals surface area contributed by atoms with Crippen LogP contribution in [-0.4, -0.2) is 55.8 Å². The van der Waals surface area contributed by atoms with Gasteiger partial charge in [0.2, 0.25) is 0 Å². The number of amides is 2. The van der Waals surface area contributed by atoms with Crippen LogP contribution in [0.5, 0.6) is 5.75 Å². The Morgan fingerprint density at radius 1 is 1.10 bits per heavy atom. The number of nitrogens with one attached hydrogen (secondary N) is 2. The number of quaternary nitrogens is 1. The molecule has 0 aliphatic carbocycles. The fourth-order valence-electron chi connectivity index (χ4n) is 3.19. The molecule has 7 nitrogen and oxygen atoms in total. The molecule has 1 heterocycles. The maximum Gasteiger partial charge on any atom is 0.297 e. The number of benzene rings is 2. The number of hydrogen-bond acceptors (Lipinski definition) is 4. The summed E-state index contributed by atoms with van der Waals surface area (Å²) in [6, 6.07) is 17.0. The van der Waals surface area contributed by atoms with Gasteiger partial charge in [-0.2, -0.15) is 5.10 Å². The second-order valence-corrected chi connectivity index (χ2v) is 6.91. The van der Waals surface area contributed by atoms with Crippen molar-refractivity contribution in [2.45, 2.75) is 13.3 Å². The summed E-state index contributed by atoms with van der Waals surface area (Å²) in [4.78, 5) is 25.9. The predicted molar refractivity (Wildman–Crippen MR) is 112 cm³/mol. The van der Waals surface area contributed by atoms with Gasteiger partial charge in [0.25, 0.3) is 11.8 Å². The van der Waals surface area contributed by atoms with Crippen LogP contribution < -0.4 is 15.0 Å². The van der Waals surface area contributed by atoms with Gasteiger partial charge in [-0.15, -0.1) is 0 Å². The van der Waals surface area contributed by atoms with Crippen LogP contribution in [0.3, 0.4) is 0 Å². The molecule has 0 aromatic heterocycles. The van der Waals surface area contributed by atoms with Gasteiger partial charge >= 0.3 is 0 Å². The lowest BCUT2D eigenvalue weighted by atomic mass is 10.1. The van der Waals surface area contributed by atoms with Crippen molar-refractivity contribution < 1.29 is 19.2 Å². The first-order chi connectivity index (χ1) is 14.1. The molecule has 29 heavy (non-hydrogen) atoms. The molecule has 2 aromatic carbocycles. The summed E-state index contributed by atoms with van der Waals surface area (Å²) in [5.41, 5.74) is 2.67. The highest BCUT2D eigenvalue weighted by molar-refractivity contribution is 6.02. The average molecular weight is 395 g/mol. The van der Waals surface area contributed by atoms with E-state index in [-0.39, 0.29) is 24.9 Å². The summed E-state index contributed by atoms with van der Waals surface area (Å²) in [5.74, 6) is 0.537. The molecule has 0 bridgehead atoms. The van der Waals surface area contributed by atoms with Crippen LogP contribution in [0.4, 0.5) is 5.69 Å². The summed E-state index contributed by atoms with van der Waals surface area (Å²) >= 11 is 0. The van der Waals surface area contributed by atoms with Crippen LogP contribution in [0, 0.1) is 0 Å². The molecule has 1 aliphatic heterocycles. The Kier molecular flexibility index (Phi) is 6.97. The lowest BCUT2D eigenvalue weighted by Crippen LogP contribution is -3.13. The van der Waals surface area contributed by atoms with Crippen LogP contribution in [0.15, 0.2) is 59.7 Å². The lowest BCUT2D eigenvalue weighted by Gasteiger charge is -2.19. The zero-order chi connectivity index (χ0) is 20.6. The summed E-state index contributed by atoms with van der Waals surface area (Å²) in [5, 5.41) is 8.87. The van der Waals surface area contributed by atoms with E-state index in [9.17, 15) is 9.59 Å². The summed E-state index contributed by atoms with van der Waals surface area (Å²) in [7, 11) is 1.60. The fourth-order valence-corrected chi connectivity index (χ4v) is 3.19. The van der Waals surface area contributed by atoms with Crippen LogP contribution in [0.2, 0.25) is 0 Å². The first-order valence-corrected chi connectivity index (χ1v) is 9.79. The van der Waals surface area contributed by atoms with Crippen molar-refractivity contribution >= 4 is 23.2 Å². The van der Waals surface area contributed by atoms with Crippen molar-refractivity contribution in [1.82, 2.24) is 5.01 Å². The highest BCUT2D eigenvalue weighted by Gasteiger charge is 2.25. The molecule has 0 spiro atoms. The van der Waals surface area contributed by atoms with Crippen LogP contribution in [-0.2, 0) is 9.59 Å². The number of hydrogen-bond donors (Lipinski definition) is 2. The van der Waals surface area contributed by atoms with E-state index in [1.807, 2.05) is 37.3 Å². The molecule has 7 heteroatoms. The first-order valence-electron chi connectivity index (χ1n) is 9.79. The number of nitrogens with zero attached hydrogens (tertiary/aromatic N) is 2. The first kappa shape index (κ1) is 20.5. The Labute approximate surface area is 171 Å². The van der Waals surface area contributed by atoms with E-state index in [0.717, 1.165) is 28.3 Å². The van der Waals surface area contributed by atoms with Crippen molar-refractivity contribution in [2.75, 3.05) is 38.6 Å². The van der Waals surface area contributed by atoms with E-state index in [4.69, 9.17) is 4.74 Å². The van der Waals surface area contributed by atoms with E-state index < -0.39 is 0 Å². The Morgan fingerprint density at radius 3 is 2.48 bits per heavy atom. The smallest absolute Gasteiger partial charge is 0.297 e. The Morgan fingerprint density at radius 2 is 1.83 bits per heavy atom. The molecular weight excluding hydrogens is 368 g/mol. The molecule has 0 saturated carbocycles. The number of carbonyl (C=O) groups is 2. The van der Waals surface area contributed by atoms with E-state index in [1.165, 1.54) is 5.01 Å². The second-order valence-electron chi connectivity index (χ2n) is 6.91. The van der Waals surface area contributed by atoms with Gasteiger partial charge in [-0.25, -0.2) is 5.01 Å². The third-order valence-corrected chi connectivity index (χ3v) is 4.88. The van der Waals surface area contributed by atoms with E-state index >= 15 is 0 Å². The molecule has 0 fully saturated rings. The molecule has 1 aliphatic rings. The van der Waals surface area contributed by atoms with E-state index in [0.29, 0.717) is 18.8 Å². The molecule has 1 unspecified atom stereocenters. The Hall–Kier alpha value is -3.19. The number of hydrazone groups is 1. The largest absolute Gasteiger partial charge is 0.497 e. The summed E-state index contributed by atoms with van der Waals surface area (Å²) < 4.78 is 5.11.